The average molecular weight is 219 g/mol. The van der Waals surface area contributed by atoms with Gasteiger partial charge in [0.05, 0.1) is 0 Å². The molecule has 16 heavy (non-hydrogen) atoms. The molecule has 0 bridgehead atoms. The van der Waals surface area contributed by atoms with Crippen LogP contribution in [0.5, 0.6) is 0 Å². The fourth-order valence-electron chi connectivity index (χ4n) is 1.78. The number of ketones is 1. The molecule has 0 N–H and O–H groups in total. The van der Waals surface area contributed by atoms with Crippen LogP contribution in [-0.4, -0.2) is 23.8 Å². The van der Waals surface area contributed by atoms with Gasteiger partial charge in [0.15, 0.2) is 0 Å². The zero-order chi connectivity index (χ0) is 12.1. The Labute approximate surface area is 98.3 Å². The van der Waals surface area contributed by atoms with E-state index in [0.29, 0.717) is 12.5 Å². The Balaban J connectivity index is 2.60. The number of hydrogen-bond donors (Lipinski definition) is 0. The van der Waals surface area contributed by atoms with Crippen LogP contribution in [-0.2, 0) is 11.3 Å². The van der Waals surface area contributed by atoms with Crippen molar-refractivity contribution < 1.29 is 4.79 Å². The first-order valence-electron chi connectivity index (χ1n) is 5.75. The van der Waals surface area contributed by atoms with Gasteiger partial charge in [0, 0.05) is 19.0 Å². The molecule has 1 rings (SSSR count). The van der Waals surface area contributed by atoms with Crippen molar-refractivity contribution >= 4 is 5.78 Å². The molecule has 0 radical (unpaired) electrons. The van der Waals surface area contributed by atoms with E-state index in [1.807, 2.05) is 0 Å². The normalized spacial score (nSPS) is 12.8. The first-order valence-corrected chi connectivity index (χ1v) is 5.75. The maximum absolute atomic E-state index is 11.1. The quantitative estimate of drug-likeness (QED) is 0.759. The minimum atomic E-state index is 0.254. The Morgan fingerprint density at radius 2 is 2.00 bits per heavy atom. The maximum atomic E-state index is 11.1. The van der Waals surface area contributed by atoms with Gasteiger partial charge in [0.25, 0.3) is 0 Å². The predicted octanol–water partition coefficient (Wildman–Crippen LogP) is 2.79. The summed E-state index contributed by atoms with van der Waals surface area (Å²) in [6.45, 7) is 6.78. The Kier molecular flexibility index (Phi) is 4.69. The molecule has 2 nitrogen and oxygen atoms in total. The Morgan fingerprint density at radius 3 is 2.56 bits per heavy atom. The molecule has 2 heteroatoms. The minimum Gasteiger partial charge on any atom is -0.300 e. The highest BCUT2D eigenvalue weighted by Gasteiger charge is 2.12. The van der Waals surface area contributed by atoms with Gasteiger partial charge in [-0.15, -0.1) is 0 Å². The number of aryl methyl sites for hydroxylation is 1. The Bertz CT molecular complexity index is 360. The lowest BCUT2D eigenvalue weighted by Crippen LogP contribution is -2.30. The topological polar surface area (TPSA) is 20.3 Å². The molecule has 0 saturated carbocycles. The fourth-order valence-corrected chi connectivity index (χ4v) is 1.78. The second-order valence-electron chi connectivity index (χ2n) is 4.60. The van der Waals surface area contributed by atoms with E-state index in [-0.39, 0.29) is 5.78 Å². The van der Waals surface area contributed by atoms with E-state index in [0.717, 1.165) is 6.54 Å². The van der Waals surface area contributed by atoms with Gasteiger partial charge < -0.3 is 0 Å². The van der Waals surface area contributed by atoms with Crippen molar-refractivity contribution in [3.05, 3.63) is 35.4 Å². The minimum absolute atomic E-state index is 0.254. The monoisotopic (exact) mass is 219 g/mol. The van der Waals surface area contributed by atoms with Gasteiger partial charge in [-0.1, -0.05) is 24.3 Å². The summed E-state index contributed by atoms with van der Waals surface area (Å²) in [7, 11) is 2.07. The number of benzene rings is 1. The summed E-state index contributed by atoms with van der Waals surface area (Å²) in [5.74, 6) is 0.254. The van der Waals surface area contributed by atoms with E-state index in [9.17, 15) is 4.79 Å². The fraction of sp³-hybridized carbons (Fsp3) is 0.500. The number of nitrogens with zero attached hydrogens (tertiary/aromatic N) is 1. The highest BCUT2D eigenvalue weighted by Crippen LogP contribution is 2.12. The van der Waals surface area contributed by atoms with Crippen LogP contribution in [0.3, 0.4) is 0 Å². The maximum Gasteiger partial charge on any atom is 0.131 e. The standard InChI is InChI=1S/C14H21NO/c1-11-7-5-6-8-14(11)10-15(4)12(2)9-13(3)16/h5-8,12H,9-10H2,1-4H3. The van der Waals surface area contributed by atoms with E-state index in [2.05, 4.69) is 50.1 Å². The van der Waals surface area contributed by atoms with E-state index >= 15 is 0 Å². The van der Waals surface area contributed by atoms with Crippen molar-refractivity contribution in [2.45, 2.75) is 39.8 Å². The lowest BCUT2D eigenvalue weighted by atomic mass is 10.1. The van der Waals surface area contributed by atoms with E-state index in [4.69, 9.17) is 0 Å². The summed E-state index contributed by atoms with van der Waals surface area (Å²) in [5.41, 5.74) is 2.64. The first kappa shape index (κ1) is 12.9. The molecule has 0 amide bonds. The Morgan fingerprint density at radius 1 is 1.38 bits per heavy atom. The summed E-state index contributed by atoms with van der Waals surface area (Å²) < 4.78 is 0. The third kappa shape index (κ3) is 3.78. The third-order valence-corrected chi connectivity index (χ3v) is 3.02. The van der Waals surface area contributed by atoms with Crippen LogP contribution in [0, 0.1) is 6.92 Å². The van der Waals surface area contributed by atoms with Gasteiger partial charge in [0.1, 0.15) is 5.78 Å². The number of rotatable bonds is 5. The first-order chi connectivity index (χ1) is 7.50. The highest BCUT2D eigenvalue weighted by molar-refractivity contribution is 5.76. The molecule has 0 fully saturated rings. The van der Waals surface area contributed by atoms with Gasteiger partial charge >= 0.3 is 0 Å². The lowest BCUT2D eigenvalue weighted by Gasteiger charge is -2.24. The molecule has 1 unspecified atom stereocenters. The second-order valence-corrected chi connectivity index (χ2v) is 4.60. The molecular weight excluding hydrogens is 198 g/mol. The van der Waals surface area contributed by atoms with Gasteiger partial charge in [-0.05, 0) is 38.9 Å². The van der Waals surface area contributed by atoms with Gasteiger partial charge in [-0.25, -0.2) is 0 Å². The van der Waals surface area contributed by atoms with Gasteiger partial charge in [0.2, 0.25) is 0 Å². The van der Waals surface area contributed by atoms with Crippen molar-refractivity contribution in [3.8, 4) is 0 Å². The molecule has 0 aromatic heterocycles. The molecule has 0 heterocycles. The predicted molar refractivity (Wildman–Crippen MR) is 67.4 cm³/mol. The molecule has 1 atom stereocenters. The molecule has 1 aromatic carbocycles. The van der Waals surface area contributed by atoms with Crippen LogP contribution in [0.15, 0.2) is 24.3 Å². The molecular formula is C14H21NO. The van der Waals surface area contributed by atoms with Crippen molar-refractivity contribution in [1.29, 1.82) is 0 Å². The number of carbonyl (C=O) groups excluding carboxylic acids is 1. The zero-order valence-corrected chi connectivity index (χ0v) is 10.7. The zero-order valence-electron chi connectivity index (χ0n) is 10.7. The SMILES string of the molecule is CC(=O)CC(C)N(C)Cc1ccccc1C. The molecule has 0 aliphatic carbocycles. The Hall–Kier alpha value is -1.15. The van der Waals surface area contributed by atoms with E-state index in [1.54, 1.807) is 6.92 Å². The largest absolute Gasteiger partial charge is 0.300 e. The molecule has 1 aromatic rings. The van der Waals surface area contributed by atoms with Crippen LogP contribution in [0.2, 0.25) is 0 Å². The molecule has 88 valence electrons. The summed E-state index contributed by atoms with van der Waals surface area (Å²) >= 11 is 0. The summed E-state index contributed by atoms with van der Waals surface area (Å²) in [6.07, 6.45) is 0.627. The number of carbonyl (C=O) groups is 1. The van der Waals surface area contributed by atoms with Crippen molar-refractivity contribution in [2.75, 3.05) is 7.05 Å². The second kappa shape index (κ2) is 5.80. The average Bonchev–Trinajstić information content (AvgIpc) is 2.20. The van der Waals surface area contributed by atoms with Gasteiger partial charge in [-0.3, -0.25) is 9.69 Å². The lowest BCUT2D eigenvalue weighted by molar-refractivity contribution is -0.118. The summed E-state index contributed by atoms with van der Waals surface area (Å²) in [6, 6.07) is 8.69. The van der Waals surface area contributed by atoms with Crippen LogP contribution in [0.4, 0.5) is 0 Å². The highest BCUT2D eigenvalue weighted by atomic mass is 16.1. The number of Topliss-reactive ketones (excluding diaryl/α,β-unsaturated/α-hetero) is 1. The van der Waals surface area contributed by atoms with E-state index < -0.39 is 0 Å². The summed E-state index contributed by atoms with van der Waals surface area (Å²) in [5, 5.41) is 0. The van der Waals surface area contributed by atoms with Gasteiger partial charge in [-0.2, -0.15) is 0 Å². The van der Waals surface area contributed by atoms with Crippen LogP contribution in [0.25, 0.3) is 0 Å². The van der Waals surface area contributed by atoms with Crippen LogP contribution < -0.4 is 0 Å². The van der Waals surface area contributed by atoms with Crippen molar-refractivity contribution in [3.63, 3.8) is 0 Å². The van der Waals surface area contributed by atoms with Crippen molar-refractivity contribution in [1.82, 2.24) is 4.90 Å². The molecule has 0 spiro atoms. The van der Waals surface area contributed by atoms with Crippen molar-refractivity contribution in [2.24, 2.45) is 0 Å². The van der Waals surface area contributed by atoms with E-state index in [1.165, 1.54) is 11.1 Å². The smallest absolute Gasteiger partial charge is 0.131 e. The number of hydrogen-bond acceptors (Lipinski definition) is 2. The molecule has 0 aliphatic rings. The van der Waals surface area contributed by atoms with Crippen LogP contribution >= 0.6 is 0 Å². The molecule has 0 aliphatic heterocycles. The molecule has 0 saturated heterocycles. The third-order valence-electron chi connectivity index (χ3n) is 3.02. The summed E-state index contributed by atoms with van der Waals surface area (Å²) in [4.78, 5) is 13.3. The van der Waals surface area contributed by atoms with Crippen LogP contribution in [0.1, 0.15) is 31.4 Å².